The highest BCUT2D eigenvalue weighted by Crippen LogP contribution is 2.31. The van der Waals surface area contributed by atoms with E-state index in [1.165, 1.54) is 27.8 Å². The summed E-state index contributed by atoms with van der Waals surface area (Å²) >= 11 is 3.73. The first-order valence-electron chi connectivity index (χ1n) is 13.0. The molecule has 5 rings (SSSR count). The van der Waals surface area contributed by atoms with E-state index in [2.05, 4.69) is 106 Å². The lowest BCUT2D eigenvalue weighted by Crippen LogP contribution is -2.30. The van der Waals surface area contributed by atoms with E-state index in [-0.39, 0.29) is 5.91 Å². The van der Waals surface area contributed by atoms with Crippen molar-refractivity contribution in [1.82, 2.24) is 14.9 Å². The molecule has 0 radical (unpaired) electrons. The zero-order valence-electron chi connectivity index (χ0n) is 22.4. The molecule has 1 aromatic heterocycles. The van der Waals surface area contributed by atoms with E-state index in [1.807, 2.05) is 24.3 Å². The minimum atomic E-state index is -0.223. The second kappa shape index (κ2) is 11.1. The molecular weight excluding hydrogens is 536 g/mol. The van der Waals surface area contributed by atoms with Crippen LogP contribution in [-0.2, 0) is 19.5 Å². The van der Waals surface area contributed by atoms with Crippen LogP contribution >= 0.6 is 15.9 Å². The lowest BCUT2D eigenvalue weighted by Gasteiger charge is -2.28. The van der Waals surface area contributed by atoms with Crippen molar-refractivity contribution in [2.24, 2.45) is 5.10 Å². The summed E-state index contributed by atoms with van der Waals surface area (Å²) in [5.74, 6) is -0.223. The number of carbonyl (C=O) groups is 1. The van der Waals surface area contributed by atoms with Gasteiger partial charge in [-0.2, -0.15) is 5.10 Å². The van der Waals surface area contributed by atoms with Gasteiger partial charge in [0.05, 0.1) is 6.21 Å². The molecule has 5 nitrogen and oxygen atoms in total. The first-order valence-corrected chi connectivity index (χ1v) is 13.8. The van der Waals surface area contributed by atoms with Gasteiger partial charge in [0.1, 0.15) is 0 Å². The fourth-order valence-electron chi connectivity index (χ4n) is 5.32. The molecule has 0 saturated carbocycles. The number of aryl methyl sites for hydroxylation is 2. The van der Waals surface area contributed by atoms with Crippen LogP contribution in [0.1, 0.15) is 55.1 Å². The number of benzene rings is 3. The van der Waals surface area contributed by atoms with Crippen molar-refractivity contribution in [3.8, 4) is 5.69 Å². The monoisotopic (exact) mass is 568 g/mol. The normalized spacial score (nSPS) is 13.6. The third-order valence-corrected chi connectivity index (χ3v) is 8.40. The third kappa shape index (κ3) is 5.38. The summed E-state index contributed by atoms with van der Waals surface area (Å²) in [6.45, 7) is 11.3. The highest BCUT2D eigenvalue weighted by molar-refractivity contribution is 9.10. The Morgan fingerprint density at radius 1 is 0.974 bits per heavy atom. The van der Waals surface area contributed by atoms with Crippen LogP contribution in [0.4, 0.5) is 0 Å². The van der Waals surface area contributed by atoms with Crippen LogP contribution in [0.5, 0.6) is 0 Å². The summed E-state index contributed by atoms with van der Waals surface area (Å²) in [6, 6.07) is 23.0. The van der Waals surface area contributed by atoms with Gasteiger partial charge in [-0.25, -0.2) is 5.43 Å². The largest absolute Gasteiger partial charge is 0.316 e. The number of hydrogen-bond donors (Lipinski definition) is 1. The van der Waals surface area contributed by atoms with Crippen LogP contribution in [0.25, 0.3) is 5.69 Å². The maximum atomic E-state index is 12.8. The molecule has 1 amide bonds. The van der Waals surface area contributed by atoms with Gasteiger partial charge >= 0.3 is 0 Å². The molecule has 6 heteroatoms. The summed E-state index contributed by atoms with van der Waals surface area (Å²) < 4.78 is 3.19. The molecule has 1 N–H and O–H groups in total. The van der Waals surface area contributed by atoms with Crippen molar-refractivity contribution >= 4 is 28.1 Å². The number of aromatic nitrogens is 1. The maximum absolute atomic E-state index is 12.8. The summed E-state index contributed by atoms with van der Waals surface area (Å²) in [7, 11) is 0. The molecule has 4 aromatic rings. The molecule has 1 aliphatic rings. The van der Waals surface area contributed by atoms with E-state index in [0.717, 1.165) is 53.2 Å². The molecular formula is C32H33BrN4O. The quantitative estimate of drug-likeness (QED) is 0.205. The van der Waals surface area contributed by atoms with Crippen LogP contribution in [0.2, 0.25) is 0 Å². The van der Waals surface area contributed by atoms with Gasteiger partial charge in [0.25, 0.3) is 5.91 Å². The van der Waals surface area contributed by atoms with E-state index >= 15 is 0 Å². The van der Waals surface area contributed by atoms with Gasteiger partial charge in [0.15, 0.2) is 0 Å². The second-order valence-corrected chi connectivity index (χ2v) is 10.9. The Balaban J connectivity index is 1.23. The van der Waals surface area contributed by atoms with Crippen LogP contribution in [0.3, 0.4) is 0 Å². The molecule has 38 heavy (non-hydrogen) atoms. The van der Waals surface area contributed by atoms with Gasteiger partial charge < -0.3 is 4.57 Å². The van der Waals surface area contributed by atoms with Crippen molar-refractivity contribution in [3.63, 3.8) is 0 Å². The Kier molecular flexibility index (Phi) is 7.63. The standard InChI is InChI=1S/C32H33BrN4O/c1-21-9-14-30(22(2)17-21)37-23(3)29(31(33)24(37)4)18-34-35-32(38)27-12-10-25(11-13-27)19-36-16-15-26-7-5-6-8-28(26)20-36/h5-14,17-18H,15-16,19-20H2,1-4H3,(H,35,38)/b34-18-. The summed E-state index contributed by atoms with van der Waals surface area (Å²) in [6.07, 6.45) is 2.80. The lowest BCUT2D eigenvalue weighted by atomic mass is 9.99. The smallest absolute Gasteiger partial charge is 0.271 e. The topological polar surface area (TPSA) is 49.6 Å². The number of hydrazone groups is 1. The molecule has 1 aliphatic heterocycles. The van der Waals surface area contributed by atoms with Crippen LogP contribution in [0.15, 0.2) is 76.3 Å². The SMILES string of the molecule is Cc1ccc(-n2c(C)c(Br)c(/C=N\NC(=O)c3ccc(CN4CCc5ccccc5C4)cc3)c2C)c(C)c1. The predicted molar refractivity (Wildman–Crippen MR) is 158 cm³/mol. The molecule has 194 valence electrons. The number of halogens is 1. The number of amides is 1. The first kappa shape index (κ1) is 26.1. The van der Waals surface area contributed by atoms with Crippen molar-refractivity contribution in [3.05, 3.63) is 122 Å². The summed E-state index contributed by atoms with van der Waals surface area (Å²) in [5.41, 5.74) is 14.0. The molecule has 0 aliphatic carbocycles. The van der Waals surface area contributed by atoms with Gasteiger partial charge in [-0.05, 0) is 90.5 Å². The molecule has 0 unspecified atom stereocenters. The summed E-state index contributed by atoms with van der Waals surface area (Å²) in [5, 5.41) is 4.29. The molecule has 2 heterocycles. The van der Waals surface area contributed by atoms with E-state index in [1.54, 1.807) is 6.21 Å². The minimum absolute atomic E-state index is 0.223. The van der Waals surface area contributed by atoms with Crippen molar-refractivity contribution in [2.75, 3.05) is 6.54 Å². The van der Waals surface area contributed by atoms with E-state index in [0.29, 0.717) is 5.56 Å². The first-order chi connectivity index (χ1) is 18.3. The number of fused-ring (bicyclic) bond motifs is 1. The number of nitrogens with one attached hydrogen (secondary N) is 1. The Morgan fingerprint density at radius 3 is 2.45 bits per heavy atom. The van der Waals surface area contributed by atoms with Gasteiger partial charge in [-0.3, -0.25) is 9.69 Å². The van der Waals surface area contributed by atoms with Gasteiger partial charge in [-0.15, -0.1) is 0 Å². The Morgan fingerprint density at radius 2 is 1.71 bits per heavy atom. The van der Waals surface area contributed by atoms with Crippen molar-refractivity contribution in [1.29, 1.82) is 0 Å². The Labute approximate surface area is 233 Å². The zero-order chi connectivity index (χ0) is 26.8. The maximum Gasteiger partial charge on any atom is 0.271 e. The fraction of sp³-hybridized carbons (Fsp3) is 0.250. The molecule has 0 saturated heterocycles. The van der Waals surface area contributed by atoms with Crippen LogP contribution in [-0.4, -0.2) is 28.1 Å². The average Bonchev–Trinajstić information content (AvgIpc) is 3.12. The van der Waals surface area contributed by atoms with Crippen LogP contribution < -0.4 is 5.43 Å². The predicted octanol–water partition coefficient (Wildman–Crippen LogP) is 6.80. The lowest BCUT2D eigenvalue weighted by molar-refractivity contribution is 0.0955. The average molecular weight is 570 g/mol. The van der Waals surface area contributed by atoms with Gasteiger partial charge in [0, 0.05) is 52.3 Å². The zero-order valence-corrected chi connectivity index (χ0v) is 24.0. The molecule has 0 bridgehead atoms. The van der Waals surface area contributed by atoms with Gasteiger partial charge in [0.2, 0.25) is 0 Å². The summed E-state index contributed by atoms with van der Waals surface area (Å²) in [4.78, 5) is 15.2. The minimum Gasteiger partial charge on any atom is -0.316 e. The van der Waals surface area contributed by atoms with Crippen molar-refractivity contribution < 1.29 is 4.79 Å². The van der Waals surface area contributed by atoms with Crippen LogP contribution in [0, 0.1) is 27.7 Å². The number of carbonyl (C=O) groups excluding carboxylic acids is 1. The Bertz CT molecular complexity index is 1520. The molecule has 3 aromatic carbocycles. The second-order valence-electron chi connectivity index (χ2n) is 10.1. The van der Waals surface area contributed by atoms with E-state index in [9.17, 15) is 4.79 Å². The van der Waals surface area contributed by atoms with Crippen molar-refractivity contribution in [2.45, 2.75) is 47.2 Å². The van der Waals surface area contributed by atoms with E-state index < -0.39 is 0 Å². The molecule has 0 atom stereocenters. The number of nitrogens with zero attached hydrogens (tertiary/aromatic N) is 3. The van der Waals surface area contributed by atoms with E-state index in [4.69, 9.17) is 0 Å². The Hall–Kier alpha value is -3.48. The highest BCUT2D eigenvalue weighted by Gasteiger charge is 2.18. The van der Waals surface area contributed by atoms with Gasteiger partial charge in [-0.1, -0.05) is 54.1 Å². The fourth-order valence-corrected chi connectivity index (χ4v) is 5.89. The highest BCUT2D eigenvalue weighted by atomic mass is 79.9. The number of hydrogen-bond acceptors (Lipinski definition) is 3. The molecule has 0 fully saturated rings. The number of rotatable bonds is 6. The third-order valence-electron chi connectivity index (χ3n) is 7.40. The molecule has 0 spiro atoms.